The van der Waals surface area contributed by atoms with Crippen molar-refractivity contribution < 1.29 is 23.4 Å². The summed E-state index contributed by atoms with van der Waals surface area (Å²) in [5.41, 5.74) is -0.0800. The van der Waals surface area contributed by atoms with E-state index in [2.05, 4.69) is 0 Å². The molecule has 1 atom stereocenters. The van der Waals surface area contributed by atoms with Gasteiger partial charge < -0.3 is 14.8 Å². The van der Waals surface area contributed by atoms with Crippen molar-refractivity contribution >= 4 is 16.0 Å². The van der Waals surface area contributed by atoms with Crippen molar-refractivity contribution in [2.45, 2.75) is 37.8 Å². The monoisotopic (exact) mass is 304 g/mol. The Morgan fingerprint density at radius 2 is 1.95 bits per heavy atom. The van der Waals surface area contributed by atoms with Crippen LogP contribution in [0.2, 0.25) is 0 Å². The van der Waals surface area contributed by atoms with Gasteiger partial charge in [-0.05, 0) is 26.8 Å². The van der Waals surface area contributed by atoms with Gasteiger partial charge in [0, 0.05) is 25.3 Å². The Kier molecular flexibility index (Phi) is 4.95. The van der Waals surface area contributed by atoms with Crippen LogP contribution in [-0.2, 0) is 10.0 Å². The summed E-state index contributed by atoms with van der Waals surface area (Å²) in [5, 5.41) is 18.2. The Morgan fingerprint density at radius 3 is 2.30 bits per heavy atom. The molecule has 1 rings (SSSR count). The zero-order valence-corrected chi connectivity index (χ0v) is 12.8. The van der Waals surface area contributed by atoms with Gasteiger partial charge in [0.15, 0.2) is 0 Å². The van der Waals surface area contributed by atoms with Crippen LogP contribution in [0.1, 0.15) is 37.3 Å². The summed E-state index contributed by atoms with van der Waals surface area (Å²) in [6.07, 6.45) is 1.31. The number of hydrogen-bond donors (Lipinski definition) is 2. The fourth-order valence-electron chi connectivity index (χ4n) is 1.71. The van der Waals surface area contributed by atoms with E-state index in [1.165, 1.54) is 17.8 Å². The Morgan fingerprint density at radius 1 is 1.40 bits per heavy atom. The molecule has 0 aromatic carbocycles. The molecule has 20 heavy (non-hydrogen) atoms. The van der Waals surface area contributed by atoms with Crippen LogP contribution in [0.3, 0.4) is 0 Å². The van der Waals surface area contributed by atoms with Crippen molar-refractivity contribution in [3.63, 3.8) is 0 Å². The predicted octanol–water partition coefficient (Wildman–Crippen LogP) is 0.769. The molecule has 8 heteroatoms. The van der Waals surface area contributed by atoms with Gasteiger partial charge in [-0.2, -0.15) is 4.31 Å². The van der Waals surface area contributed by atoms with Gasteiger partial charge in [-0.1, -0.05) is 0 Å². The largest absolute Gasteiger partial charge is 0.477 e. The van der Waals surface area contributed by atoms with Gasteiger partial charge in [-0.3, -0.25) is 0 Å². The topological polar surface area (TPSA) is 99.8 Å². The third kappa shape index (κ3) is 3.02. The lowest BCUT2D eigenvalue weighted by molar-refractivity contribution is 0.0683. The van der Waals surface area contributed by atoms with Crippen LogP contribution < -0.4 is 0 Å². The summed E-state index contributed by atoms with van der Waals surface area (Å²) in [7, 11) is -2.48. The number of aromatic carboxylic acids is 1. The molecular weight excluding hydrogens is 284 g/mol. The van der Waals surface area contributed by atoms with Crippen molar-refractivity contribution in [1.82, 2.24) is 8.87 Å². The van der Waals surface area contributed by atoms with Crippen LogP contribution >= 0.6 is 0 Å². The third-order valence-corrected chi connectivity index (χ3v) is 5.10. The Hall–Kier alpha value is -1.38. The van der Waals surface area contributed by atoms with E-state index in [4.69, 9.17) is 10.2 Å². The minimum Gasteiger partial charge on any atom is -0.477 e. The number of nitrogens with zero attached hydrogens (tertiary/aromatic N) is 2. The molecule has 0 amide bonds. The first-order valence-electron chi connectivity index (χ1n) is 6.17. The Bertz CT molecular complexity index is 591. The number of sulfonamides is 1. The Balaban J connectivity index is 3.34. The van der Waals surface area contributed by atoms with Crippen LogP contribution in [0, 0.1) is 0 Å². The van der Waals surface area contributed by atoms with Gasteiger partial charge in [0.25, 0.3) is 0 Å². The average molecular weight is 304 g/mol. The number of aliphatic hydroxyl groups excluding tert-OH is 1. The minimum absolute atomic E-state index is 0.0800. The van der Waals surface area contributed by atoms with Crippen molar-refractivity contribution in [2.75, 3.05) is 13.7 Å². The standard InChI is InChI=1S/C12H20N2O5S/c1-8(2)14-6-10(5-11(14)12(16)17)20(18,19)13(4)9(3)7-15/h5-6,8-9,15H,7H2,1-4H3,(H,16,17). The lowest BCUT2D eigenvalue weighted by Gasteiger charge is -2.21. The molecule has 7 nitrogen and oxygen atoms in total. The van der Waals surface area contributed by atoms with E-state index in [1.54, 1.807) is 20.8 Å². The molecular formula is C12H20N2O5S. The second-order valence-electron chi connectivity index (χ2n) is 4.92. The normalized spacial score (nSPS) is 13.9. The van der Waals surface area contributed by atoms with Gasteiger partial charge in [0.05, 0.1) is 6.61 Å². The molecule has 1 aromatic heterocycles. The van der Waals surface area contributed by atoms with Crippen molar-refractivity contribution in [1.29, 1.82) is 0 Å². The number of carbonyl (C=O) groups is 1. The zero-order valence-electron chi connectivity index (χ0n) is 11.9. The maximum absolute atomic E-state index is 12.4. The summed E-state index contributed by atoms with van der Waals surface area (Å²) in [6, 6.07) is 0.374. The smallest absolute Gasteiger partial charge is 0.352 e. The number of hydrogen-bond acceptors (Lipinski definition) is 4. The first-order valence-corrected chi connectivity index (χ1v) is 7.61. The number of likely N-dealkylation sites (N-methyl/N-ethyl adjacent to an activating group) is 1. The molecule has 0 bridgehead atoms. The highest BCUT2D eigenvalue weighted by molar-refractivity contribution is 7.89. The molecule has 114 valence electrons. The zero-order chi connectivity index (χ0) is 15.7. The average Bonchev–Trinajstić information content (AvgIpc) is 2.82. The van der Waals surface area contributed by atoms with E-state index in [0.717, 1.165) is 10.4 Å². The quantitative estimate of drug-likeness (QED) is 0.808. The van der Waals surface area contributed by atoms with Crippen LogP contribution in [0.5, 0.6) is 0 Å². The molecule has 0 saturated carbocycles. The molecule has 0 aliphatic carbocycles. The van der Waals surface area contributed by atoms with Gasteiger partial charge in [0.1, 0.15) is 10.6 Å². The molecule has 0 aliphatic rings. The number of aromatic nitrogens is 1. The highest BCUT2D eigenvalue weighted by Gasteiger charge is 2.28. The molecule has 1 unspecified atom stereocenters. The number of aliphatic hydroxyl groups is 1. The summed E-state index contributed by atoms with van der Waals surface area (Å²) in [6.45, 7) is 4.79. The van der Waals surface area contributed by atoms with E-state index < -0.39 is 22.0 Å². The number of rotatable bonds is 6. The second-order valence-corrected chi connectivity index (χ2v) is 6.92. The minimum atomic E-state index is -3.83. The van der Waals surface area contributed by atoms with Crippen LogP contribution in [0.4, 0.5) is 0 Å². The van der Waals surface area contributed by atoms with Gasteiger partial charge in [-0.25, -0.2) is 13.2 Å². The van der Waals surface area contributed by atoms with Gasteiger partial charge in [-0.15, -0.1) is 0 Å². The molecule has 0 fully saturated rings. The first-order chi connectivity index (χ1) is 9.12. The third-order valence-electron chi connectivity index (χ3n) is 3.16. The molecule has 0 radical (unpaired) electrons. The van der Waals surface area contributed by atoms with E-state index in [9.17, 15) is 13.2 Å². The fourth-order valence-corrected chi connectivity index (χ4v) is 3.09. The molecule has 0 saturated heterocycles. The van der Waals surface area contributed by atoms with Crippen LogP contribution in [-0.4, -0.2) is 53.2 Å². The number of carboxylic acid groups (broad SMARTS) is 1. The summed E-state index contributed by atoms with van der Waals surface area (Å²) in [4.78, 5) is 11.1. The number of carboxylic acids is 1. The molecule has 1 aromatic rings. The van der Waals surface area contributed by atoms with Crippen molar-refractivity contribution in [3.05, 3.63) is 18.0 Å². The van der Waals surface area contributed by atoms with E-state index in [0.29, 0.717) is 0 Å². The maximum atomic E-state index is 12.4. The van der Waals surface area contributed by atoms with E-state index in [-0.39, 0.29) is 23.2 Å². The highest BCUT2D eigenvalue weighted by atomic mass is 32.2. The molecule has 1 heterocycles. The predicted molar refractivity (Wildman–Crippen MR) is 73.3 cm³/mol. The SMILES string of the molecule is CC(CO)N(C)S(=O)(=O)c1cc(C(=O)O)n(C(C)C)c1. The maximum Gasteiger partial charge on any atom is 0.352 e. The van der Waals surface area contributed by atoms with Crippen molar-refractivity contribution in [2.24, 2.45) is 0 Å². The molecule has 0 aliphatic heterocycles. The Labute approximate surface area is 118 Å². The van der Waals surface area contributed by atoms with Crippen molar-refractivity contribution in [3.8, 4) is 0 Å². The lowest BCUT2D eigenvalue weighted by atomic mass is 10.3. The summed E-state index contributed by atoms with van der Waals surface area (Å²) in [5.74, 6) is -1.18. The summed E-state index contributed by atoms with van der Waals surface area (Å²) < 4.78 is 27.1. The van der Waals surface area contributed by atoms with Crippen LogP contribution in [0.15, 0.2) is 17.2 Å². The second kappa shape index (κ2) is 5.94. The lowest BCUT2D eigenvalue weighted by Crippen LogP contribution is -2.37. The molecule has 0 spiro atoms. The van der Waals surface area contributed by atoms with E-state index >= 15 is 0 Å². The molecule has 2 N–H and O–H groups in total. The fraction of sp³-hybridized carbons (Fsp3) is 0.583. The van der Waals surface area contributed by atoms with Crippen LogP contribution in [0.25, 0.3) is 0 Å². The van der Waals surface area contributed by atoms with Gasteiger partial charge in [0.2, 0.25) is 10.0 Å². The van der Waals surface area contributed by atoms with Gasteiger partial charge >= 0.3 is 5.97 Å². The van der Waals surface area contributed by atoms with E-state index in [1.807, 2.05) is 0 Å². The first kappa shape index (κ1) is 16.7. The summed E-state index contributed by atoms with van der Waals surface area (Å²) >= 11 is 0. The highest BCUT2D eigenvalue weighted by Crippen LogP contribution is 2.22.